The lowest BCUT2D eigenvalue weighted by atomic mass is 9.85. The molecule has 1 aliphatic heterocycles. The van der Waals surface area contributed by atoms with Crippen molar-refractivity contribution in [1.29, 1.82) is 0 Å². The van der Waals surface area contributed by atoms with Crippen LogP contribution in [0.4, 0.5) is 0 Å². The van der Waals surface area contributed by atoms with Crippen molar-refractivity contribution in [3.8, 4) is 5.75 Å². The summed E-state index contributed by atoms with van der Waals surface area (Å²) in [6, 6.07) is 6.33. The molecule has 7 nitrogen and oxygen atoms in total. The number of esters is 1. The van der Waals surface area contributed by atoms with Gasteiger partial charge in [-0.05, 0) is 50.5 Å². The topological polar surface area (TPSA) is 93.1 Å². The van der Waals surface area contributed by atoms with Crippen LogP contribution in [0.1, 0.15) is 36.5 Å². The van der Waals surface area contributed by atoms with Crippen molar-refractivity contribution in [3.05, 3.63) is 29.8 Å². The Kier molecular flexibility index (Phi) is 5.43. The lowest BCUT2D eigenvalue weighted by Gasteiger charge is -2.41. The van der Waals surface area contributed by atoms with Crippen molar-refractivity contribution < 1.29 is 29.0 Å². The first-order valence-corrected chi connectivity index (χ1v) is 7.84. The summed E-state index contributed by atoms with van der Waals surface area (Å²) in [7, 11) is 1.51. The molecule has 1 atom stereocenters. The van der Waals surface area contributed by atoms with E-state index in [0.29, 0.717) is 24.2 Å². The van der Waals surface area contributed by atoms with Gasteiger partial charge in [0.05, 0.1) is 13.7 Å². The van der Waals surface area contributed by atoms with Gasteiger partial charge in [-0.15, -0.1) is 0 Å². The number of benzene rings is 1. The maximum absolute atomic E-state index is 12.8. The summed E-state index contributed by atoms with van der Waals surface area (Å²) in [5.74, 6) is -2.17. The fourth-order valence-electron chi connectivity index (χ4n) is 2.91. The van der Waals surface area contributed by atoms with E-state index < -0.39 is 23.4 Å². The Morgan fingerprint density at radius 3 is 2.42 bits per heavy atom. The third-order valence-electron chi connectivity index (χ3n) is 4.18. The number of likely N-dealkylation sites (tertiary alicyclic amines) is 1. The molecule has 0 aromatic heterocycles. The number of methoxy groups -OCH3 is 1. The zero-order valence-electron chi connectivity index (χ0n) is 13.8. The Balaban J connectivity index is 2.40. The number of hydrogen-bond donors (Lipinski definition) is 1. The first-order chi connectivity index (χ1) is 11.5. The van der Waals surface area contributed by atoms with Gasteiger partial charge in [0, 0.05) is 12.1 Å². The molecule has 0 aliphatic carbocycles. The Morgan fingerprint density at radius 1 is 1.21 bits per heavy atom. The average molecular weight is 335 g/mol. The van der Waals surface area contributed by atoms with Crippen molar-refractivity contribution in [2.45, 2.75) is 31.7 Å². The second-order valence-electron chi connectivity index (χ2n) is 5.53. The minimum absolute atomic E-state index is 0.0447. The molecule has 1 fully saturated rings. The van der Waals surface area contributed by atoms with E-state index in [2.05, 4.69) is 0 Å². The molecule has 7 heteroatoms. The third-order valence-corrected chi connectivity index (χ3v) is 4.18. The van der Waals surface area contributed by atoms with Gasteiger partial charge in [-0.25, -0.2) is 9.59 Å². The summed E-state index contributed by atoms with van der Waals surface area (Å²) < 4.78 is 10.0. The number of ether oxygens (including phenoxy) is 2. The van der Waals surface area contributed by atoms with Gasteiger partial charge in [0.15, 0.2) is 0 Å². The van der Waals surface area contributed by atoms with E-state index in [9.17, 15) is 19.5 Å². The summed E-state index contributed by atoms with van der Waals surface area (Å²) in [4.78, 5) is 38.3. The molecule has 130 valence electrons. The van der Waals surface area contributed by atoms with Gasteiger partial charge >= 0.3 is 11.9 Å². The summed E-state index contributed by atoms with van der Waals surface area (Å²) in [6.07, 6.45) is 1.22. The van der Waals surface area contributed by atoms with Crippen LogP contribution in [0, 0.1) is 0 Å². The number of rotatable bonds is 5. The van der Waals surface area contributed by atoms with Gasteiger partial charge in [-0.1, -0.05) is 0 Å². The maximum atomic E-state index is 12.8. The zero-order valence-corrected chi connectivity index (χ0v) is 13.8. The summed E-state index contributed by atoms with van der Waals surface area (Å²) in [6.45, 7) is 1.85. The van der Waals surface area contributed by atoms with Gasteiger partial charge in [-0.2, -0.15) is 0 Å². The molecule has 0 spiro atoms. The highest BCUT2D eigenvalue weighted by Gasteiger charge is 2.55. The van der Waals surface area contributed by atoms with E-state index in [1.165, 1.54) is 7.11 Å². The lowest BCUT2D eigenvalue weighted by Crippen LogP contribution is -2.64. The predicted octanol–water partition coefficient (Wildman–Crippen LogP) is 1.71. The number of carbonyl (C=O) groups is 3. The molecule has 0 saturated carbocycles. The minimum atomic E-state index is -1.97. The molecule has 1 amide bonds. The van der Waals surface area contributed by atoms with Crippen LogP contribution in [0.5, 0.6) is 5.75 Å². The van der Waals surface area contributed by atoms with Crippen LogP contribution in [0.25, 0.3) is 0 Å². The first kappa shape index (κ1) is 17.8. The van der Waals surface area contributed by atoms with Gasteiger partial charge in [0.2, 0.25) is 5.54 Å². The smallest absolute Gasteiger partial charge is 0.343 e. The maximum Gasteiger partial charge on any atom is 0.343 e. The monoisotopic (exact) mass is 335 g/mol. The van der Waals surface area contributed by atoms with Crippen LogP contribution in [0.2, 0.25) is 0 Å². The largest absolute Gasteiger partial charge is 0.497 e. The minimum Gasteiger partial charge on any atom is -0.497 e. The predicted molar refractivity (Wildman–Crippen MR) is 84.9 cm³/mol. The highest BCUT2D eigenvalue weighted by atomic mass is 16.5. The lowest BCUT2D eigenvalue weighted by molar-refractivity contribution is -0.172. The van der Waals surface area contributed by atoms with E-state index in [-0.39, 0.29) is 19.6 Å². The molecule has 1 aliphatic rings. The van der Waals surface area contributed by atoms with E-state index in [0.717, 1.165) is 4.90 Å². The van der Waals surface area contributed by atoms with Crippen molar-refractivity contribution in [2.24, 2.45) is 0 Å². The van der Waals surface area contributed by atoms with Crippen molar-refractivity contribution in [1.82, 2.24) is 4.90 Å². The standard InChI is InChI=1S/C17H21NO6/c1-3-24-16(22)17(15(20)21)10-4-5-11-18(17)14(19)12-6-8-13(23-2)9-7-12/h6-9H,3-5,10-11H2,1-2H3,(H,20,21)/t17-/m1/s1. The average Bonchev–Trinajstić information content (AvgIpc) is 2.61. The van der Waals surface area contributed by atoms with Crippen molar-refractivity contribution >= 4 is 17.8 Å². The normalized spacial score (nSPS) is 20.3. The number of carboxylic acids is 1. The summed E-state index contributed by atoms with van der Waals surface area (Å²) >= 11 is 0. The van der Waals surface area contributed by atoms with Gasteiger partial charge in [0.1, 0.15) is 5.75 Å². The van der Waals surface area contributed by atoms with Crippen LogP contribution in [-0.2, 0) is 14.3 Å². The number of carboxylic acid groups (broad SMARTS) is 1. The Hall–Kier alpha value is -2.57. The number of carbonyl (C=O) groups excluding carboxylic acids is 2. The molecule has 1 N–H and O–H groups in total. The van der Waals surface area contributed by atoms with Crippen molar-refractivity contribution in [3.63, 3.8) is 0 Å². The first-order valence-electron chi connectivity index (χ1n) is 7.84. The van der Waals surface area contributed by atoms with E-state index in [1.807, 2.05) is 0 Å². The molecule has 24 heavy (non-hydrogen) atoms. The Morgan fingerprint density at radius 2 is 1.88 bits per heavy atom. The SMILES string of the molecule is CCOC(=O)[C@]1(C(=O)O)CCCCN1C(=O)c1ccc(OC)cc1. The van der Waals surface area contributed by atoms with E-state index in [4.69, 9.17) is 9.47 Å². The second kappa shape index (κ2) is 7.33. The quantitative estimate of drug-likeness (QED) is 0.650. The molecule has 0 bridgehead atoms. The summed E-state index contributed by atoms with van der Waals surface area (Å²) in [5.41, 5.74) is -1.67. The highest BCUT2D eigenvalue weighted by Crippen LogP contribution is 2.32. The van der Waals surface area contributed by atoms with Crippen LogP contribution in [0.15, 0.2) is 24.3 Å². The fourth-order valence-corrected chi connectivity index (χ4v) is 2.91. The molecular formula is C17H21NO6. The van der Waals surface area contributed by atoms with Crippen LogP contribution in [-0.4, -0.2) is 53.7 Å². The Bertz CT molecular complexity index is 626. The molecule has 0 radical (unpaired) electrons. The van der Waals surface area contributed by atoms with Crippen LogP contribution >= 0.6 is 0 Å². The van der Waals surface area contributed by atoms with E-state index in [1.54, 1.807) is 31.2 Å². The van der Waals surface area contributed by atoms with Gasteiger partial charge < -0.3 is 19.5 Å². The number of piperidine rings is 1. The third kappa shape index (κ3) is 3.06. The van der Waals surface area contributed by atoms with Crippen LogP contribution in [0.3, 0.4) is 0 Å². The highest BCUT2D eigenvalue weighted by molar-refractivity contribution is 6.09. The fraction of sp³-hybridized carbons (Fsp3) is 0.471. The molecule has 1 aromatic rings. The van der Waals surface area contributed by atoms with Gasteiger partial charge in [-0.3, -0.25) is 4.79 Å². The van der Waals surface area contributed by atoms with Crippen LogP contribution < -0.4 is 4.74 Å². The number of amides is 1. The molecular weight excluding hydrogens is 314 g/mol. The van der Waals surface area contributed by atoms with Crippen molar-refractivity contribution in [2.75, 3.05) is 20.3 Å². The molecule has 1 saturated heterocycles. The molecule has 2 rings (SSSR count). The second-order valence-corrected chi connectivity index (χ2v) is 5.53. The molecule has 1 aromatic carbocycles. The molecule has 0 unspecified atom stereocenters. The number of aliphatic carboxylic acids is 1. The number of hydrogen-bond acceptors (Lipinski definition) is 5. The molecule has 1 heterocycles. The Labute approximate surface area is 140 Å². The number of nitrogens with zero attached hydrogens (tertiary/aromatic N) is 1. The summed E-state index contributed by atoms with van der Waals surface area (Å²) in [5, 5.41) is 9.72. The van der Waals surface area contributed by atoms with Gasteiger partial charge in [0.25, 0.3) is 5.91 Å². The van der Waals surface area contributed by atoms with E-state index >= 15 is 0 Å². The zero-order chi connectivity index (χ0) is 17.7.